The maximum Gasteiger partial charge on any atom is 0.123 e. The second kappa shape index (κ2) is 6.89. The minimum atomic E-state index is 0.701. The third kappa shape index (κ3) is 2.60. The zero-order valence-corrected chi connectivity index (χ0v) is 13.4. The van der Waals surface area contributed by atoms with Gasteiger partial charge in [-0.2, -0.15) is 0 Å². The number of hydrogen-bond acceptors (Lipinski definition) is 3. The van der Waals surface area contributed by atoms with Crippen LogP contribution in [-0.2, 0) is 7.05 Å². The topological polar surface area (TPSA) is 42.7 Å². The molecule has 1 aliphatic rings. The first-order valence-electron chi connectivity index (χ1n) is 7.47. The van der Waals surface area contributed by atoms with Crippen LogP contribution in [0.15, 0.2) is 55.1 Å². The fourth-order valence-electron chi connectivity index (χ4n) is 2.53. The van der Waals surface area contributed by atoms with Crippen LogP contribution in [0.5, 0.6) is 0 Å². The first-order chi connectivity index (χ1) is 10.8. The van der Waals surface area contributed by atoms with Crippen molar-refractivity contribution >= 4 is 11.3 Å². The van der Waals surface area contributed by atoms with Crippen molar-refractivity contribution in [2.75, 3.05) is 11.9 Å². The first kappa shape index (κ1) is 15.8. The molecule has 114 valence electrons. The van der Waals surface area contributed by atoms with Crippen LogP contribution in [0.4, 0.5) is 5.69 Å². The summed E-state index contributed by atoms with van der Waals surface area (Å²) in [6.07, 6.45) is 3.70. The highest BCUT2D eigenvalue weighted by Gasteiger charge is 2.21. The van der Waals surface area contributed by atoms with Gasteiger partial charge < -0.3 is 5.32 Å². The molecular weight excluding hydrogens is 272 g/mol. The zero-order valence-electron chi connectivity index (χ0n) is 13.4. The Bertz CT molecular complexity index is 722. The van der Waals surface area contributed by atoms with Crippen LogP contribution in [0, 0.1) is 0 Å². The van der Waals surface area contributed by atoms with E-state index in [1.54, 1.807) is 4.68 Å². The van der Waals surface area contributed by atoms with Crippen molar-refractivity contribution in [2.45, 2.75) is 13.8 Å². The molecule has 4 nitrogen and oxygen atoms in total. The normalized spacial score (nSPS) is 16.0. The second-order valence-corrected chi connectivity index (χ2v) is 4.66. The summed E-state index contributed by atoms with van der Waals surface area (Å²) in [6.45, 7) is 12.5. The number of aryl methyl sites for hydroxylation is 1. The molecule has 0 radical (unpaired) electrons. The molecule has 2 aromatic rings. The summed E-state index contributed by atoms with van der Waals surface area (Å²) < 4.78 is 1.79. The molecule has 0 unspecified atom stereocenters. The van der Waals surface area contributed by atoms with E-state index < -0.39 is 0 Å². The van der Waals surface area contributed by atoms with Crippen LogP contribution in [0.25, 0.3) is 16.8 Å². The molecule has 0 amide bonds. The van der Waals surface area contributed by atoms with Gasteiger partial charge in [-0.3, -0.25) is 0 Å². The van der Waals surface area contributed by atoms with E-state index in [1.165, 1.54) is 0 Å². The van der Waals surface area contributed by atoms with Crippen molar-refractivity contribution < 1.29 is 0 Å². The van der Waals surface area contributed by atoms with Gasteiger partial charge in [0.05, 0.1) is 5.69 Å². The molecule has 1 aliphatic heterocycles. The van der Waals surface area contributed by atoms with Crippen molar-refractivity contribution in [2.24, 2.45) is 7.05 Å². The summed E-state index contributed by atoms with van der Waals surface area (Å²) >= 11 is 0. The van der Waals surface area contributed by atoms with Gasteiger partial charge in [-0.15, -0.1) is 5.10 Å². The van der Waals surface area contributed by atoms with Gasteiger partial charge in [-0.05, 0) is 11.6 Å². The lowest BCUT2D eigenvalue weighted by atomic mass is 9.97. The fourth-order valence-corrected chi connectivity index (χ4v) is 2.53. The van der Waals surface area contributed by atoms with Crippen LogP contribution >= 0.6 is 0 Å². The average Bonchev–Trinajstić information content (AvgIpc) is 2.93. The fraction of sp³-hybridized carbons (Fsp3) is 0.222. The molecule has 0 atom stereocenters. The molecular formula is C18H22N4. The van der Waals surface area contributed by atoms with Gasteiger partial charge in [0.2, 0.25) is 0 Å². The Balaban J connectivity index is 0.000000847. The number of allylic oxidation sites excluding steroid dienone is 2. The van der Waals surface area contributed by atoms with Crippen molar-refractivity contribution in [3.8, 4) is 11.3 Å². The van der Waals surface area contributed by atoms with Crippen LogP contribution < -0.4 is 5.32 Å². The van der Waals surface area contributed by atoms with E-state index in [4.69, 9.17) is 0 Å². The molecule has 22 heavy (non-hydrogen) atoms. The van der Waals surface area contributed by atoms with E-state index in [-0.39, 0.29) is 0 Å². The predicted octanol–water partition coefficient (Wildman–Crippen LogP) is 4.06. The summed E-state index contributed by atoms with van der Waals surface area (Å²) in [7, 11) is 1.90. The van der Waals surface area contributed by atoms with Crippen molar-refractivity contribution in [3.63, 3.8) is 0 Å². The third-order valence-electron chi connectivity index (χ3n) is 3.53. The smallest absolute Gasteiger partial charge is 0.123 e. The van der Waals surface area contributed by atoms with E-state index in [0.29, 0.717) is 6.54 Å². The number of aromatic nitrogens is 3. The van der Waals surface area contributed by atoms with Gasteiger partial charge in [0.15, 0.2) is 0 Å². The highest BCUT2D eigenvalue weighted by atomic mass is 15.4. The maximum absolute atomic E-state index is 4.32. The van der Waals surface area contributed by atoms with Gasteiger partial charge in [-0.25, -0.2) is 4.68 Å². The predicted molar refractivity (Wildman–Crippen MR) is 93.6 cm³/mol. The van der Waals surface area contributed by atoms with Gasteiger partial charge in [0, 0.05) is 30.4 Å². The number of nitrogens with zero attached hydrogens (tertiary/aromatic N) is 3. The van der Waals surface area contributed by atoms with Gasteiger partial charge in [0.1, 0.15) is 5.69 Å². The monoisotopic (exact) mass is 294 g/mol. The Morgan fingerprint density at radius 2 is 1.91 bits per heavy atom. The molecule has 0 fully saturated rings. The summed E-state index contributed by atoms with van der Waals surface area (Å²) in [5.74, 6) is 0. The average molecular weight is 294 g/mol. The van der Waals surface area contributed by atoms with Crippen LogP contribution in [-0.4, -0.2) is 21.5 Å². The number of nitrogens with one attached hydrogen (secondary N) is 1. The second-order valence-electron chi connectivity index (χ2n) is 4.66. The van der Waals surface area contributed by atoms with Gasteiger partial charge >= 0.3 is 0 Å². The van der Waals surface area contributed by atoms with Crippen molar-refractivity contribution in [3.05, 3.63) is 60.8 Å². The van der Waals surface area contributed by atoms with Gasteiger partial charge in [0.25, 0.3) is 0 Å². The van der Waals surface area contributed by atoms with Crippen LogP contribution in [0.2, 0.25) is 0 Å². The number of anilines is 1. The largest absolute Gasteiger partial charge is 0.380 e. The standard InChI is InChI=1S/C16H16N4.C2H6/c1-4-11-10-17-14-9-7-6-8-13(14)15-16(12(11)5-2)20(3)19-18-15;1-2/h4-9,17H,1-2,10H2,3H3;1-2H3/b12-11-;. The Morgan fingerprint density at radius 3 is 2.59 bits per heavy atom. The lowest BCUT2D eigenvalue weighted by Crippen LogP contribution is -2.10. The quantitative estimate of drug-likeness (QED) is 0.908. The maximum atomic E-state index is 4.32. The molecule has 0 aliphatic carbocycles. The van der Waals surface area contributed by atoms with Crippen molar-refractivity contribution in [1.82, 2.24) is 15.0 Å². The van der Waals surface area contributed by atoms with E-state index >= 15 is 0 Å². The minimum Gasteiger partial charge on any atom is -0.380 e. The van der Waals surface area contributed by atoms with Crippen LogP contribution in [0.3, 0.4) is 0 Å². The molecule has 0 saturated heterocycles. The first-order valence-corrected chi connectivity index (χ1v) is 7.47. The number of benzene rings is 1. The van der Waals surface area contributed by atoms with Crippen molar-refractivity contribution in [1.29, 1.82) is 0 Å². The molecule has 1 aromatic heterocycles. The van der Waals surface area contributed by atoms with E-state index in [9.17, 15) is 0 Å². The highest BCUT2D eigenvalue weighted by molar-refractivity contribution is 5.89. The highest BCUT2D eigenvalue weighted by Crippen LogP contribution is 2.35. The summed E-state index contributed by atoms with van der Waals surface area (Å²) in [4.78, 5) is 0. The van der Waals surface area contributed by atoms with Gasteiger partial charge in [-0.1, -0.05) is 62.6 Å². The summed E-state index contributed by atoms with van der Waals surface area (Å²) in [5.41, 5.74) is 6.05. The van der Waals surface area contributed by atoms with E-state index in [2.05, 4.69) is 34.9 Å². The number of hydrogen-bond donors (Lipinski definition) is 1. The Morgan fingerprint density at radius 1 is 1.18 bits per heavy atom. The van der Waals surface area contributed by atoms with E-state index in [1.807, 2.05) is 51.2 Å². The molecule has 1 N–H and O–H groups in total. The number of para-hydroxylation sites is 1. The third-order valence-corrected chi connectivity index (χ3v) is 3.53. The number of fused-ring (bicyclic) bond motifs is 3. The molecule has 0 saturated carbocycles. The molecule has 4 heteroatoms. The number of rotatable bonds is 2. The van der Waals surface area contributed by atoms with Crippen LogP contribution in [0.1, 0.15) is 19.5 Å². The Labute approximate surface area is 131 Å². The molecule has 3 rings (SSSR count). The molecule has 0 bridgehead atoms. The zero-order chi connectivity index (χ0) is 16.1. The Kier molecular flexibility index (Phi) is 4.94. The Hall–Kier alpha value is -2.62. The lowest BCUT2D eigenvalue weighted by Gasteiger charge is -2.18. The SMILES string of the molecule is C=C/C1=C(\C=C)c2c(nnn2C)-c2ccccc2NC1.CC. The molecule has 2 heterocycles. The molecule has 0 spiro atoms. The summed E-state index contributed by atoms with van der Waals surface area (Å²) in [5, 5.41) is 11.9. The molecule has 1 aromatic carbocycles. The summed E-state index contributed by atoms with van der Waals surface area (Å²) in [6, 6.07) is 8.12. The minimum absolute atomic E-state index is 0.701. The lowest BCUT2D eigenvalue weighted by molar-refractivity contribution is 0.708. The van der Waals surface area contributed by atoms with E-state index in [0.717, 1.165) is 33.8 Å².